The third-order valence-electron chi connectivity index (χ3n) is 2.49. The Morgan fingerprint density at radius 2 is 2.12 bits per heavy atom. The number of benzene rings is 1. The fourth-order valence-corrected chi connectivity index (χ4v) is 2.75. The largest absolute Gasteiger partial charge is 0.491 e. The van der Waals surface area contributed by atoms with E-state index in [9.17, 15) is 12.3 Å². The lowest BCUT2D eigenvalue weighted by Crippen LogP contribution is -2.54. The van der Waals surface area contributed by atoms with Crippen molar-refractivity contribution in [2.45, 2.75) is 12.0 Å². The average molecular weight is 245 g/mol. The van der Waals surface area contributed by atoms with Crippen LogP contribution in [0.4, 0.5) is 3.89 Å². The summed E-state index contributed by atoms with van der Waals surface area (Å²) < 4.78 is 39.2. The Hall–Kier alpha value is -1.14. The SMILES string of the molecule is NC1(CS(=O)(=O)F)COc2ccccc2C1. The second-order valence-corrected chi connectivity index (χ2v) is 5.49. The Kier molecular flexibility index (Phi) is 2.63. The van der Waals surface area contributed by atoms with Crippen molar-refractivity contribution < 1.29 is 17.0 Å². The zero-order chi connectivity index (χ0) is 11.8. The molecule has 1 atom stereocenters. The van der Waals surface area contributed by atoms with Crippen LogP contribution in [0.3, 0.4) is 0 Å². The molecule has 1 unspecified atom stereocenters. The molecular weight excluding hydrogens is 233 g/mol. The second kappa shape index (κ2) is 3.71. The summed E-state index contributed by atoms with van der Waals surface area (Å²) in [4.78, 5) is 0. The Morgan fingerprint density at radius 3 is 2.81 bits per heavy atom. The molecular formula is C10H12FNO3S. The van der Waals surface area contributed by atoms with Crippen LogP contribution in [0.15, 0.2) is 24.3 Å². The van der Waals surface area contributed by atoms with Crippen LogP contribution in [0.5, 0.6) is 5.75 Å². The maximum Gasteiger partial charge on any atom is 0.304 e. The molecule has 0 amide bonds. The van der Waals surface area contributed by atoms with Crippen molar-refractivity contribution in [2.24, 2.45) is 5.73 Å². The minimum Gasteiger partial charge on any atom is -0.491 e. The van der Waals surface area contributed by atoms with Gasteiger partial charge in [0.25, 0.3) is 0 Å². The molecule has 0 bridgehead atoms. The first kappa shape index (κ1) is 11.3. The molecule has 1 heterocycles. The summed E-state index contributed by atoms with van der Waals surface area (Å²) in [5.74, 6) is -0.0336. The number of rotatable bonds is 2. The van der Waals surface area contributed by atoms with Crippen molar-refractivity contribution in [3.8, 4) is 5.75 Å². The van der Waals surface area contributed by atoms with E-state index in [1.807, 2.05) is 6.07 Å². The number of ether oxygens (including phenoxy) is 1. The lowest BCUT2D eigenvalue weighted by Gasteiger charge is -2.33. The molecule has 0 saturated carbocycles. The molecule has 0 fully saturated rings. The van der Waals surface area contributed by atoms with Crippen LogP contribution in [0.1, 0.15) is 5.56 Å². The molecule has 0 radical (unpaired) electrons. The van der Waals surface area contributed by atoms with Crippen LogP contribution in [-0.4, -0.2) is 26.3 Å². The quantitative estimate of drug-likeness (QED) is 0.775. The summed E-state index contributed by atoms with van der Waals surface area (Å²) >= 11 is 0. The zero-order valence-electron chi connectivity index (χ0n) is 8.52. The van der Waals surface area contributed by atoms with Gasteiger partial charge in [-0.05, 0) is 18.1 Å². The molecule has 1 aliphatic rings. The van der Waals surface area contributed by atoms with E-state index in [-0.39, 0.29) is 6.61 Å². The number of halogens is 1. The van der Waals surface area contributed by atoms with Crippen molar-refractivity contribution in [1.29, 1.82) is 0 Å². The van der Waals surface area contributed by atoms with E-state index in [0.717, 1.165) is 5.56 Å². The minimum absolute atomic E-state index is 0.00711. The number of hydrogen-bond acceptors (Lipinski definition) is 4. The molecule has 1 aliphatic heterocycles. The summed E-state index contributed by atoms with van der Waals surface area (Å²) in [6.45, 7) is 0.00711. The van der Waals surface area contributed by atoms with E-state index < -0.39 is 21.5 Å². The maximum atomic E-state index is 12.6. The fraction of sp³-hybridized carbons (Fsp3) is 0.400. The van der Waals surface area contributed by atoms with Gasteiger partial charge in [-0.25, -0.2) is 0 Å². The molecule has 16 heavy (non-hydrogen) atoms. The Morgan fingerprint density at radius 1 is 1.44 bits per heavy atom. The highest BCUT2D eigenvalue weighted by Crippen LogP contribution is 2.28. The molecule has 2 N–H and O–H groups in total. The van der Waals surface area contributed by atoms with Gasteiger partial charge in [0.2, 0.25) is 0 Å². The van der Waals surface area contributed by atoms with E-state index in [1.54, 1.807) is 18.2 Å². The standard InChI is InChI=1S/C10H12FNO3S/c11-16(13,14)7-10(12)5-8-3-1-2-4-9(8)15-6-10/h1-4H,5-7,12H2. The number of para-hydroxylation sites is 1. The summed E-state index contributed by atoms with van der Waals surface area (Å²) in [5.41, 5.74) is 5.44. The molecule has 1 aromatic rings. The summed E-state index contributed by atoms with van der Waals surface area (Å²) in [7, 11) is -4.59. The zero-order valence-corrected chi connectivity index (χ0v) is 9.34. The summed E-state index contributed by atoms with van der Waals surface area (Å²) in [6, 6.07) is 7.19. The maximum absolute atomic E-state index is 12.6. The molecule has 0 aliphatic carbocycles. The first-order valence-electron chi connectivity index (χ1n) is 4.80. The molecule has 4 nitrogen and oxygen atoms in total. The van der Waals surface area contributed by atoms with Gasteiger partial charge in [0.05, 0.1) is 5.54 Å². The van der Waals surface area contributed by atoms with Gasteiger partial charge in [-0.2, -0.15) is 8.42 Å². The lowest BCUT2D eigenvalue weighted by atomic mass is 9.92. The fourth-order valence-electron chi connectivity index (χ4n) is 1.88. The highest BCUT2D eigenvalue weighted by molar-refractivity contribution is 7.86. The first-order chi connectivity index (χ1) is 7.38. The average Bonchev–Trinajstić information content (AvgIpc) is 2.14. The number of hydrogen-bond donors (Lipinski definition) is 1. The van der Waals surface area contributed by atoms with E-state index in [4.69, 9.17) is 10.5 Å². The van der Waals surface area contributed by atoms with Crippen LogP contribution in [-0.2, 0) is 16.6 Å². The highest BCUT2D eigenvalue weighted by atomic mass is 32.3. The first-order valence-corrected chi connectivity index (χ1v) is 6.35. The highest BCUT2D eigenvalue weighted by Gasteiger charge is 2.36. The molecule has 0 spiro atoms. The van der Waals surface area contributed by atoms with Gasteiger partial charge in [0.1, 0.15) is 18.1 Å². The van der Waals surface area contributed by atoms with Crippen molar-refractivity contribution >= 4 is 10.2 Å². The van der Waals surface area contributed by atoms with Crippen molar-refractivity contribution in [1.82, 2.24) is 0 Å². The minimum atomic E-state index is -4.59. The van der Waals surface area contributed by atoms with Crippen LogP contribution in [0.2, 0.25) is 0 Å². The molecule has 2 rings (SSSR count). The van der Waals surface area contributed by atoms with Crippen LogP contribution >= 0.6 is 0 Å². The smallest absolute Gasteiger partial charge is 0.304 e. The second-order valence-electron chi connectivity index (χ2n) is 4.12. The third-order valence-corrected chi connectivity index (χ3v) is 3.41. The Labute approximate surface area is 93.4 Å². The van der Waals surface area contributed by atoms with Gasteiger partial charge in [-0.3, -0.25) is 0 Å². The van der Waals surface area contributed by atoms with Gasteiger partial charge >= 0.3 is 10.2 Å². The Balaban J connectivity index is 2.24. The van der Waals surface area contributed by atoms with Crippen LogP contribution in [0, 0.1) is 0 Å². The molecule has 0 aromatic heterocycles. The van der Waals surface area contributed by atoms with E-state index in [1.165, 1.54) is 0 Å². The summed E-state index contributed by atoms with van der Waals surface area (Å²) in [6.07, 6.45) is 0.298. The predicted molar refractivity (Wildman–Crippen MR) is 57.5 cm³/mol. The normalized spacial score (nSPS) is 24.6. The molecule has 0 saturated heterocycles. The molecule has 1 aromatic carbocycles. The van der Waals surface area contributed by atoms with Gasteiger partial charge in [-0.1, -0.05) is 18.2 Å². The lowest BCUT2D eigenvalue weighted by molar-refractivity contribution is 0.205. The van der Waals surface area contributed by atoms with Crippen molar-refractivity contribution in [3.63, 3.8) is 0 Å². The number of fused-ring (bicyclic) bond motifs is 1. The van der Waals surface area contributed by atoms with E-state index in [0.29, 0.717) is 12.2 Å². The topological polar surface area (TPSA) is 69.4 Å². The van der Waals surface area contributed by atoms with Gasteiger partial charge in [0, 0.05) is 0 Å². The third kappa shape index (κ3) is 2.51. The van der Waals surface area contributed by atoms with Crippen molar-refractivity contribution in [2.75, 3.05) is 12.4 Å². The summed E-state index contributed by atoms with van der Waals surface area (Å²) in [5, 5.41) is 0. The van der Waals surface area contributed by atoms with E-state index in [2.05, 4.69) is 0 Å². The van der Waals surface area contributed by atoms with Crippen LogP contribution < -0.4 is 10.5 Å². The van der Waals surface area contributed by atoms with Crippen molar-refractivity contribution in [3.05, 3.63) is 29.8 Å². The van der Waals surface area contributed by atoms with Crippen LogP contribution in [0.25, 0.3) is 0 Å². The number of nitrogens with two attached hydrogens (primary N) is 1. The monoisotopic (exact) mass is 245 g/mol. The molecule has 6 heteroatoms. The van der Waals surface area contributed by atoms with E-state index >= 15 is 0 Å². The predicted octanol–water partition coefficient (Wildman–Crippen LogP) is 0.618. The molecule has 88 valence electrons. The van der Waals surface area contributed by atoms with Gasteiger partial charge in [0.15, 0.2) is 0 Å². The van der Waals surface area contributed by atoms with Gasteiger partial charge < -0.3 is 10.5 Å². The van der Waals surface area contributed by atoms with Gasteiger partial charge in [-0.15, -0.1) is 3.89 Å². The Bertz CT molecular complexity index is 503.